The molecule has 0 atom stereocenters. The van der Waals surface area contributed by atoms with Crippen molar-refractivity contribution in [1.82, 2.24) is 14.7 Å². The van der Waals surface area contributed by atoms with Crippen LogP contribution in [0.25, 0.3) is 0 Å². The Labute approximate surface area is 132 Å². The van der Waals surface area contributed by atoms with E-state index in [1.54, 1.807) is 0 Å². The van der Waals surface area contributed by atoms with Crippen LogP contribution in [0.2, 0.25) is 0 Å². The van der Waals surface area contributed by atoms with Crippen molar-refractivity contribution in [3.8, 4) is 0 Å². The van der Waals surface area contributed by atoms with Crippen LogP contribution in [0.5, 0.6) is 0 Å². The molecule has 1 aromatic carbocycles. The van der Waals surface area contributed by atoms with Gasteiger partial charge in [0.2, 0.25) is 0 Å². The topological polar surface area (TPSA) is 38.1 Å². The molecule has 2 aromatic rings. The number of hydrogen-bond donors (Lipinski definition) is 0. The Bertz CT molecular complexity index is 693. The molecule has 5 heteroatoms. The first kappa shape index (κ1) is 14.3. The fraction of sp³-hybridized carbons (Fsp3) is 0.375. The predicted molar refractivity (Wildman–Crippen MR) is 85.1 cm³/mol. The van der Waals surface area contributed by atoms with E-state index >= 15 is 0 Å². The lowest BCUT2D eigenvalue weighted by molar-refractivity contribution is 0.0744. The third-order valence-electron chi connectivity index (χ3n) is 4.01. The van der Waals surface area contributed by atoms with E-state index in [9.17, 15) is 4.79 Å². The van der Waals surface area contributed by atoms with E-state index in [1.807, 2.05) is 41.8 Å². The highest BCUT2D eigenvalue weighted by atomic mass is 79.9. The van der Waals surface area contributed by atoms with Crippen molar-refractivity contribution < 1.29 is 4.79 Å². The number of amides is 1. The molecule has 0 bridgehead atoms. The van der Waals surface area contributed by atoms with Crippen molar-refractivity contribution in [2.75, 3.05) is 6.54 Å². The summed E-state index contributed by atoms with van der Waals surface area (Å²) in [6.45, 7) is 3.34. The third-order valence-corrected chi connectivity index (χ3v) is 5.04. The van der Waals surface area contributed by atoms with Gasteiger partial charge in [-0.1, -0.05) is 18.2 Å². The normalized spacial score (nSPS) is 15.0. The van der Waals surface area contributed by atoms with Crippen molar-refractivity contribution in [1.29, 1.82) is 0 Å². The molecule has 1 aromatic heterocycles. The summed E-state index contributed by atoms with van der Waals surface area (Å²) in [6, 6.07) is 7.92. The Morgan fingerprint density at radius 1 is 1.33 bits per heavy atom. The average molecular weight is 348 g/mol. The average Bonchev–Trinajstić information content (AvgIpc) is 2.63. The second kappa shape index (κ2) is 5.64. The molecule has 0 saturated carbocycles. The van der Waals surface area contributed by atoms with E-state index in [2.05, 4.69) is 27.1 Å². The van der Waals surface area contributed by atoms with Gasteiger partial charge < -0.3 is 4.90 Å². The lowest BCUT2D eigenvalue weighted by Gasteiger charge is -2.21. The number of rotatable bonds is 2. The number of benzene rings is 1. The SMILES string of the molecule is Cc1nn(C)c(CN2CCCc3ccccc3C2=O)c1Br. The van der Waals surface area contributed by atoms with E-state index in [4.69, 9.17) is 0 Å². The van der Waals surface area contributed by atoms with Crippen molar-refractivity contribution >= 4 is 21.8 Å². The first-order chi connectivity index (χ1) is 10.1. The molecule has 21 heavy (non-hydrogen) atoms. The molecule has 0 fully saturated rings. The van der Waals surface area contributed by atoms with Gasteiger partial charge in [0.05, 0.1) is 22.4 Å². The van der Waals surface area contributed by atoms with Gasteiger partial charge in [0.1, 0.15) is 0 Å². The van der Waals surface area contributed by atoms with Crippen LogP contribution < -0.4 is 0 Å². The van der Waals surface area contributed by atoms with Crippen LogP contribution in [-0.2, 0) is 20.0 Å². The second-order valence-electron chi connectivity index (χ2n) is 5.46. The highest BCUT2D eigenvalue weighted by molar-refractivity contribution is 9.10. The minimum Gasteiger partial charge on any atom is -0.333 e. The fourth-order valence-electron chi connectivity index (χ4n) is 2.86. The number of aromatic nitrogens is 2. The molecule has 0 saturated heterocycles. The summed E-state index contributed by atoms with van der Waals surface area (Å²) < 4.78 is 2.85. The van der Waals surface area contributed by atoms with Crippen LogP contribution in [0.1, 0.15) is 33.7 Å². The number of carbonyl (C=O) groups is 1. The summed E-state index contributed by atoms with van der Waals surface area (Å²) in [7, 11) is 1.92. The highest BCUT2D eigenvalue weighted by Gasteiger charge is 2.24. The molecule has 0 N–H and O–H groups in total. The van der Waals surface area contributed by atoms with Crippen LogP contribution >= 0.6 is 15.9 Å². The Morgan fingerprint density at radius 2 is 2.10 bits per heavy atom. The zero-order valence-electron chi connectivity index (χ0n) is 12.3. The van der Waals surface area contributed by atoms with Crippen molar-refractivity contribution in [2.24, 2.45) is 7.05 Å². The zero-order valence-corrected chi connectivity index (χ0v) is 13.9. The summed E-state index contributed by atoms with van der Waals surface area (Å²) >= 11 is 3.58. The first-order valence-electron chi connectivity index (χ1n) is 7.13. The maximum Gasteiger partial charge on any atom is 0.254 e. The largest absolute Gasteiger partial charge is 0.333 e. The van der Waals surface area contributed by atoms with Gasteiger partial charge in [0, 0.05) is 19.2 Å². The van der Waals surface area contributed by atoms with Gasteiger partial charge in [0.25, 0.3) is 5.91 Å². The van der Waals surface area contributed by atoms with Gasteiger partial charge in [-0.2, -0.15) is 5.10 Å². The van der Waals surface area contributed by atoms with Gasteiger partial charge >= 0.3 is 0 Å². The van der Waals surface area contributed by atoms with E-state index in [-0.39, 0.29) is 5.91 Å². The lowest BCUT2D eigenvalue weighted by Crippen LogP contribution is -2.31. The summed E-state index contributed by atoms with van der Waals surface area (Å²) in [4.78, 5) is 14.7. The minimum absolute atomic E-state index is 0.119. The van der Waals surface area contributed by atoms with Crippen LogP contribution in [0.3, 0.4) is 0 Å². The Hall–Kier alpha value is -1.62. The predicted octanol–water partition coefficient (Wildman–Crippen LogP) is 3.08. The number of carbonyl (C=O) groups excluding carboxylic acids is 1. The number of hydrogen-bond acceptors (Lipinski definition) is 2. The summed E-state index contributed by atoms with van der Waals surface area (Å²) in [5, 5.41) is 4.40. The molecule has 4 nitrogen and oxygen atoms in total. The molecule has 1 amide bonds. The van der Waals surface area contributed by atoms with Gasteiger partial charge in [0.15, 0.2) is 0 Å². The maximum atomic E-state index is 12.8. The summed E-state index contributed by atoms with van der Waals surface area (Å²) in [5.41, 5.74) is 3.99. The van der Waals surface area contributed by atoms with Crippen molar-refractivity contribution in [2.45, 2.75) is 26.3 Å². The zero-order chi connectivity index (χ0) is 15.0. The van der Waals surface area contributed by atoms with E-state index in [0.717, 1.165) is 46.4 Å². The third kappa shape index (κ3) is 2.62. The molecule has 2 heterocycles. The van der Waals surface area contributed by atoms with Crippen molar-refractivity contribution in [3.05, 3.63) is 51.3 Å². The monoisotopic (exact) mass is 347 g/mol. The van der Waals surface area contributed by atoms with E-state index in [1.165, 1.54) is 0 Å². The molecule has 0 aliphatic carbocycles. The fourth-order valence-corrected chi connectivity index (χ4v) is 3.32. The first-order valence-corrected chi connectivity index (χ1v) is 7.92. The number of aryl methyl sites for hydroxylation is 3. The van der Waals surface area contributed by atoms with Gasteiger partial charge in [-0.15, -0.1) is 0 Å². The summed E-state index contributed by atoms with van der Waals surface area (Å²) in [5.74, 6) is 0.119. The number of halogens is 1. The standard InChI is InChI=1S/C16H18BrN3O/c1-11-15(17)14(19(2)18-11)10-20-9-5-7-12-6-3-4-8-13(12)16(20)21/h3-4,6,8H,5,7,9-10H2,1-2H3. The van der Waals surface area contributed by atoms with Gasteiger partial charge in [-0.25, -0.2) is 0 Å². The number of fused-ring (bicyclic) bond motifs is 1. The van der Waals surface area contributed by atoms with Crippen molar-refractivity contribution in [3.63, 3.8) is 0 Å². The van der Waals surface area contributed by atoms with Crippen LogP contribution in [0.15, 0.2) is 28.7 Å². The maximum absolute atomic E-state index is 12.8. The molecule has 0 spiro atoms. The molecule has 1 aliphatic rings. The molecule has 0 radical (unpaired) electrons. The Balaban J connectivity index is 1.91. The van der Waals surface area contributed by atoms with Gasteiger partial charge in [-0.3, -0.25) is 9.48 Å². The molecule has 0 unspecified atom stereocenters. The summed E-state index contributed by atoms with van der Waals surface area (Å²) in [6.07, 6.45) is 1.96. The van der Waals surface area contributed by atoms with Crippen LogP contribution in [0.4, 0.5) is 0 Å². The van der Waals surface area contributed by atoms with Gasteiger partial charge in [-0.05, 0) is 47.3 Å². The highest BCUT2D eigenvalue weighted by Crippen LogP contribution is 2.24. The Kier molecular flexibility index (Phi) is 3.85. The lowest BCUT2D eigenvalue weighted by atomic mass is 10.0. The molecular formula is C16H18BrN3O. The quantitative estimate of drug-likeness (QED) is 0.837. The molecule has 110 valence electrons. The smallest absolute Gasteiger partial charge is 0.254 e. The van der Waals surface area contributed by atoms with E-state index in [0.29, 0.717) is 6.54 Å². The van der Waals surface area contributed by atoms with Crippen LogP contribution in [0, 0.1) is 6.92 Å². The molecular weight excluding hydrogens is 330 g/mol. The molecule has 3 rings (SSSR count). The molecule has 1 aliphatic heterocycles. The van der Waals surface area contributed by atoms with E-state index < -0.39 is 0 Å². The second-order valence-corrected chi connectivity index (χ2v) is 6.25. The minimum atomic E-state index is 0.119. The Morgan fingerprint density at radius 3 is 2.81 bits per heavy atom. The number of nitrogens with zero attached hydrogens (tertiary/aromatic N) is 3. The van der Waals surface area contributed by atoms with Crippen LogP contribution in [-0.4, -0.2) is 27.1 Å².